The van der Waals surface area contributed by atoms with Crippen molar-refractivity contribution in [3.63, 3.8) is 0 Å². The van der Waals surface area contributed by atoms with Crippen LogP contribution in [0, 0.1) is 10.1 Å². The molecule has 0 radical (unpaired) electrons. The molecule has 0 heterocycles. The van der Waals surface area contributed by atoms with Gasteiger partial charge in [0, 0.05) is 24.7 Å². The zero-order chi connectivity index (χ0) is 18.7. The summed E-state index contributed by atoms with van der Waals surface area (Å²) in [6.07, 6.45) is 2.43. The first-order chi connectivity index (χ1) is 11.6. The summed E-state index contributed by atoms with van der Waals surface area (Å²) in [6, 6.07) is 6.54. The quantitative estimate of drug-likeness (QED) is 0.603. The minimum Gasteiger partial charge on any atom is -0.444 e. The predicted molar refractivity (Wildman–Crippen MR) is 95.5 cm³/mol. The number of carbonyl (C=O) groups is 1. The summed E-state index contributed by atoms with van der Waals surface area (Å²) in [4.78, 5) is 22.6. The molecule has 1 aliphatic rings. The van der Waals surface area contributed by atoms with E-state index in [1.165, 1.54) is 6.07 Å². The monoisotopic (exact) mass is 349 g/mol. The maximum atomic E-state index is 12.1. The summed E-state index contributed by atoms with van der Waals surface area (Å²) < 4.78 is 5.35. The fourth-order valence-electron chi connectivity index (χ4n) is 2.84. The van der Waals surface area contributed by atoms with Gasteiger partial charge in [-0.3, -0.25) is 10.1 Å². The van der Waals surface area contributed by atoms with Crippen molar-refractivity contribution in [3.05, 3.63) is 39.9 Å². The Labute approximate surface area is 148 Å². The fraction of sp³-hybridized carbons (Fsp3) is 0.611. The Morgan fingerprint density at radius 1 is 1.40 bits per heavy atom. The second kappa shape index (κ2) is 7.39. The smallest absolute Gasteiger partial charge is 0.408 e. The first-order valence-corrected chi connectivity index (χ1v) is 8.59. The van der Waals surface area contributed by atoms with E-state index in [1.807, 2.05) is 33.8 Å². The van der Waals surface area contributed by atoms with Crippen molar-refractivity contribution in [1.29, 1.82) is 0 Å². The number of hydrogen-bond acceptors (Lipinski definition) is 5. The van der Waals surface area contributed by atoms with E-state index in [4.69, 9.17) is 4.74 Å². The molecule has 1 unspecified atom stereocenters. The predicted octanol–water partition coefficient (Wildman–Crippen LogP) is 3.69. The van der Waals surface area contributed by atoms with Crippen LogP contribution >= 0.6 is 0 Å². The largest absolute Gasteiger partial charge is 0.444 e. The molecule has 7 nitrogen and oxygen atoms in total. The molecule has 1 saturated carbocycles. The lowest BCUT2D eigenvalue weighted by Crippen LogP contribution is -2.60. The van der Waals surface area contributed by atoms with Gasteiger partial charge in [0.05, 0.1) is 10.5 Å². The van der Waals surface area contributed by atoms with E-state index in [-0.39, 0.29) is 17.3 Å². The number of alkyl carbamates (subject to hydrolysis) is 1. The Morgan fingerprint density at radius 3 is 2.60 bits per heavy atom. The summed E-state index contributed by atoms with van der Waals surface area (Å²) in [6.45, 7) is 8.06. The normalized spacial score (nSPS) is 17.3. The number of carbonyl (C=O) groups excluding carboxylic acids is 1. The molecular weight excluding hydrogens is 322 g/mol. The van der Waals surface area contributed by atoms with E-state index in [1.54, 1.807) is 12.1 Å². The maximum absolute atomic E-state index is 12.1. The Morgan fingerprint density at radius 2 is 2.08 bits per heavy atom. The molecule has 0 aromatic heterocycles. The van der Waals surface area contributed by atoms with Gasteiger partial charge >= 0.3 is 6.09 Å². The van der Waals surface area contributed by atoms with Gasteiger partial charge in [-0.15, -0.1) is 0 Å². The molecule has 138 valence electrons. The molecular formula is C18H27N3O4. The zero-order valence-electron chi connectivity index (χ0n) is 15.3. The SMILES string of the molecule is CC(NCC1(NC(=O)OC(C)(C)C)CCC1)c1cccc([N+](=O)[O-])c1. The third-order valence-corrected chi connectivity index (χ3v) is 4.40. The van der Waals surface area contributed by atoms with Crippen LogP contribution in [0.4, 0.5) is 10.5 Å². The van der Waals surface area contributed by atoms with Crippen LogP contribution in [-0.2, 0) is 4.74 Å². The van der Waals surface area contributed by atoms with Gasteiger partial charge < -0.3 is 15.4 Å². The molecule has 0 spiro atoms. The van der Waals surface area contributed by atoms with Crippen molar-refractivity contribution >= 4 is 11.8 Å². The number of nitro benzene ring substituents is 1. The lowest BCUT2D eigenvalue weighted by molar-refractivity contribution is -0.384. The highest BCUT2D eigenvalue weighted by molar-refractivity contribution is 5.69. The van der Waals surface area contributed by atoms with E-state index in [9.17, 15) is 14.9 Å². The lowest BCUT2D eigenvalue weighted by Gasteiger charge is -2.43. The molecule has 1 amide bonds. The second-order valence-corrected chi connectivity index (χ2v) is 7.72. The molecule has 7 heteroatoms. The van der Waals surface area contributed by atoms with Gasteiger partial charge in [-0.05, 0) is 52.5 Å². The standard InChI is InChI=1S/C18H27N3O4/c1-13(14-7-5-8-15(11-14)21(23)24)19-12-18(9-6-10-18)20-16(22)25-17(2,3)4/h5,7-8,11,13,19H,6,9-10,12H2,1-4H3,(H,20,22). The summed E-state index contributed by atoms with van der Waals surface area (Å²) in [5.41, 5.74) is 0.0908. The number of nitro groups is 1. The van der Waals surface area contributed by atoms with Gasteiger partial charge in [0.25, 0.3) is 5.69 Å². The zero-order valence-corrected chi connectivity index (χ0v) is 15.3. The molecule has 1 aromatic rings. The van der Waals surface area contributed by atoms with Gasteiger partial charge in [0.1, 0.15) is 5.60 Å². The minimum atomic E-state index is -0.529. The molecule has 0 aliphatic heterocycles. The Hall–Kier alpha value is -2.15. The summed E-state index contributed by atoms with van der Waals surface area (Å²) >= 11 is 0. The Balaban J connectivity index is 1.95. The number of ether oxygens (including phenoxy) is 1. The third kappa shape index (κ3) is 5.42. The van der Waals surface area contributed by atoms with Crippen molar-refractivity contribution in [2.24, 2.45) is 0 Å². The summed E-state index contributed by atoms with van der Waals surface area (Å²) in [7, 11) is 0. The van der Waals surface area contributed by atoms with E-state index < -0.39 is 16.6 Å². The molecule has 25 heavy (non-hydrogen) atoms. The van der Waals surface area contributed by atoms with Crippen molar-refractivity contribution in [2.45, 2.75) is 64.1 Å². The van der Waals surface area contributed by atoms with E-state index in [0.717, 1.165) is 24.8 Å². The van der Waals surface area contributed by atoms with E-state index in [0.29, 0.717) is 6.54 Å². The topological polar surface area (TPSA) is 93.5 Å². The molecule has 1 fully saturated rings. The first kappa shape index (κ1) is 19.2. The number of non-ortho nitro benzene ring substituents is 1. The Bertz CT molecular complexity index is 635. The van der Waals surface area contributed by atoms with Crippen LogP contribution in [0.1, 0.15) is 58.6 Å². The van der Waals surface area contributed by atoms with Crippen LogP contribution in [0.5, 0.6) is 0 Å². The number of hydrogen-bond donors (Lipinski definition) is 2. The highest BCUT2D eigenvalue weighted by atomic mass is 16.6. The summed E-state index contributed by atoms with van der Waals surface area (Å²) in [5, 5.41) is 17.3. The number of rotatable bonds is 6. The molecule has 1 atom stereocenters. The van der Waals surface area contributed by atoms with Crippen LogP contribution in [0.15, 0.2) is 24.3 Å². The Kier molecular flexibility index (Phi) is 5.67. The molecule has 2 N–H and O–H groups in total. The van der Waals surface area contributed by atoms with Gasteiger partial charge in [-0.25, -0.2) is 4.79 Å². The maximum Gasteiger partial charge on any atom is 0.408 e. The van der Waals surface area contributed by atoms with Crippen molar-refractivity contribution in [3.8, 4) is 0 Å². The molecule has 1 aliphatic carbocycles. The van der Waals surface area contributed by atoms with E-state index in [2.05, 4.69) is 10.6 Å². The van der Waals surface area contributed by atoms with Gasteiger partial charge in [0.15, 0.2) is 0 Å². The first-order valence-electron chi connectivity index (χ1n) is 8.59. The third-order valence-electron chi connectivity index (χ3n) is 4.40. The van der Waals surface area contributed by atoms with Crippen LogP contribution in [0.3, 0.4) is 0 Å². The average Bonchev–Trinajstić information content (AvgIpc) is 2.47. The number of amides is 1. The number of benzene rings is 1. The van der Waals surface area contributed by atoms with Crippen molar-refractivity contribution in [2.75, 3.05) is 6.54 Å². The van der Waals surface area contributed by atoms with E-state index >= 15 is 0 Å². The number of nitrogens with zero attached hydrogens (tertiary/aromatic N) is 1. The van der Waals surface area contributed by atoms with Gasteiger partial charge in [-0.1, -0.05) is 12.1 Å². The van der Waals surface area contributed by atoms with Gasteiger partial charge in [-0.2, -0.15) is 0 Å². The van der Waals surface area contributed by atoms with Crippen LogP contribution in [-0.4, -0.2) is 28.7 Å². The van der Waals surface area contributed by atoms with Crippen LogP contribution < -0.4 is 10.6 Å². The van der Waals surface area contributed by atoms with Crippen molar-refractivity contribution < 1.29 is 14.5 Å². The average molecular weight is 349 g/mol. The van der Waals surface area contributed by atoms with Crippen LogP contribution in [0.25, 0.3) is 0 Å². The highest BCUT2D eigenvalue weighted by Gasteiger charge is 2.39. The fourth-order valence-corrected chi connectivity index (χ4v) is 2.84. The molecule has 0 bridgehead atoms. The molecule has 1 aromatic carbocycles. The van der Waals surface area contributed by atoms with Crippen molar-refractivity contribution in [1.82, 2.24) is 10.6 Å². The molecule has 0 saturated heterocycles. The van der Waals surface area contributed by atoms with Crippen LogP contribution in [0.2, 0.25) is 0 Å². The second-order valence-electron chi connectivity index (χ2n) is 7.72. The molecule has 2 rings (SSSR count). The highest BCUT2D eigenvalue weighted by Crippen LogP contribution is 2.32. The lowest BCUT2D eigenvalue weighted by atomic mass is 9.76. The minimum absolute atomic E-state index is 0.0576. The summed E-state index contributed by atoms with van der Waals surface area (Å²) in [5.74, 6) is 0. The number of nitrogens with one attached hydrogen (secondary N) is 2. The van der Waals surface area contributed by atoms with Gasteiger partial charge in [0.2, 0.25) is 0 Å².